The maximum Gasteiger partial charge on any atom is 0.153 e. The average Bonchev–Trinajstić information content (AvgIpc) is 2.85. The van der Waals surface area contributed by atoms with Crippen LogP contribution in [0, 0.1) is 0 Å². The van der Waals surface area contributed by atoms with E-state index >= 15 is 0 Å². The van der Waals surface area contributed by atoms with Crippen molar-refractivity contribution in [3.8, 4) is 11.5 Å². The van der Waals surface area contributed by atoms with Gasteiger partial charge in [0.15, 0.2) is 5.75 Å². The van der Waals surface area contributed by atoms with Crippen LogP contribution in [0.3, 0.4) is 0 Å². The number of rotatable bonds is 2. The van der Waals surface area contributed by atoms with Crippen molar-refractivity contribution in [3.05, 3.63) is 54.1 Å². The van der Waals surface area contributed by atoms with Crippen LogP contribution in [0.4, 0.5) is 5.69 Å². The van der Waals surface area contributed by atoms with Gasteiger partial charge in [-0.25, -0.2) is 5.06 Å². The zero-order valence-electron chi connectivity index (χ0n) is 12.9. The van der Waals surface area contributed by atoms with Crippen LogP contribution in [0.1, 0.15) is 18.0 Å². The van der Waals surface area contributed by atoms with Crippen LogP contribution in [-0.4, -0.2) is 31.6 Å². The Morgan fingerprint density at radius 2 is 1.77 bits per heavy atom. The Morgan fingerprint density at radius 3 is 2.59 bits per heavy atom. The minimum Gasteiger partial charge on any atom is -0.455 e. The summed E-state index contributed by atoms with van der Waals surface area (Å²) in [6.07, 6.45) is 1.16. The maximum absolute atomic E-state index is 6.25. The number of hydrogen-bond acceptors (Lipinski definition) is 4. The minimum atomic E-state index is 0.194. The number of hydroxylamine groups is 1. The van der Waals surface area contributed by atoms with Gasteiger partial charge in [0.25, 0.3) is 0 Å². The first-order valence-corrected chi connectivity index (χ1v) is 7.69. The summed E-state index contributed by atoms with van der Waals surface area (Å²) < 4.78 is 6.12. The van der Waals surface area contributed by atoms with Crippen LogP contribution in [0.2, 0.25) is 0 Å². The molecule has 4 heteroatoms. The van der Waals surface area contributed by atoms with Crippen molar-refractivity contribution in [2.45, 2.75) is 18.6 Å². The topological polar surface area (TPSA) is 24.9 Å². The number of hydrogen-bond donors (Lipinski definition) is 0. The maximum atomic E-state index is 6.25. The molecular formula is C18H20N2O2. The molecule has 0 saturated carbocycles. The second-order valence-electron chi connectivity index (χ2n) is 6.17. The zero-order chi connectivity index (χ0) is 15.1. The molecule has 2 heterocycles. The van der Waals surface area contributed by atoms with Gasteiger partial charge in [-0.15, -0.1) is 0 Å². The predicted octanol–water partition coefficient (Wildman–Crippen LogP) is 3.61. The van der Waals surface area contributed by atoms with Crippen molar-refractivity contribution in [1.29, 1.82) is 0 Å². The molecule has 2 aliphatic rings. The van der Waals surface area contributed by atoms with Crippen molar-refractivity contribution in [1.82, 2.24) is 4.90 Å². The lowest BCUT2D eigenvalue weighted by molar-refractivity contribution is 0.0649. The van der Waals surface area contributed by atoms with E-state index in [1.54, 1.807) is 0 Å². The Labute approximate surface area is 130 Å². The fourth-order valence-corrected chi connectivity index (χ4v) is 3.31. The minimum absolute atomic E-state index is 0.194. The molecule has 0 spiro atoms. The van der Waals surface area contributed by atoms with Gasteiger partial charge in [0, 0.05) is 18.5 Å². The first-order valence-electron chi connectivity index (χ1n) is 7.69. The lowest BCUT2D eigenvalue weighted by Crippen LogP contribution is -2.27. The van der Waals surface area contributed by atoms with E-state index in [9.17, 15) is 0 Å². The second kappa shape index (κ2) is 5.30. The van der Waals surface area contributed by atoms with E-state index in [-0.39, 0.29) is 12.1 Å². The van der Waals surface area contributed by atoms with Crippen molar-refractivity contribution in [2.24, 2.45) is 0 Å². The fourth-order valence-electron chi connectivity index (χ4n) is 3.31. The smallest absolute Gasteiger partial charge is 0.153 e. The molecule has 1 fully saturated rings. The number of nitrogens with zero attached hydrogens (tertiary/aromatic N) is 2. The zero-order valence-corrected chi connectivity index (χ0v) is 12.9. The van der Waals surface area contributed by atoms with Gasteiger partial charge in [-0.1, -0.05) is 30.3 Å². The molecule has 2 aliphatic heterocycles. The average molecular weight is 296 g/mol. The Morgan fingerprint density at radius 1 is 1.05 bits per heavy atom. The molecule has 0 amide bonds. The van der Waals surface area contributed by atoms with Crippen LogP contribution in [-0.2, 0) is 4.84 Å². The number of para-hydroxylation sites is 3. The summed E-state index contributed by atoms with van der Waals surface area (Å²) in [6.45, 7) is 0.915. The monoisotopic (exact) mass is 296 g/mol. The van der Waals surface area contributed by atoms with Crippen LogP contribution in [0.15, 0.2) is 48.5 Å². The summed E-state index contributed by atoms with van der Waals surface area (Å²) in [4.78, 5) is 8.42. The largest absolute Gasteiger partial charge is 0.455 e. The van der Waals surface area contributed by atoms with Crippen LogP contribution in [0.25, 0.3) is 0 Å². The van der Waals surface area contributed by atoms with Gasteiger partial charge in [0.2, 0.25) is 0 Å². The molecule has 2 unspecified atom stereocenters. The van der Waals surface area contributed by atoms with Crippen LogP contribution in [0.5, 0.6) is 11.5 Å². The predicted molar refractivity (Wildman–Crippen MR) is 86.2 cm³/mol. The first-order chi connectivity index (χ1) is 10.7. The molecule has 2 aromatic rings. The molecule has 2 aromatic carbocycles. The third-order valence-electron chi connectivity index (χ3n) is 4.20. The fraction of sp³-hybridized carbons (Fsp3) is 0.333. The number of anilines is 1. The van der Waals surface area contributed by atoms with Gasteiger partial charge in [0.05, 0.1) is 6.04 Å². The van der Waals surface area contributed by atoms with E-state index in [0.717, 1.165) is 30.2 Å². The molecule has 0 radical (unpaired) electrons. The van der Waals surface area contributed by atoms with E-state index in [0.29, 0.717) is 0 Å². The summed E-state index contributed by atoms with van der Waals surface area (Å²) in [5.41, 5.74) is 2.20. The molecule has 4 nitrogen and oxygen atoms in total. The SMILES string of the molecule is CN(C)CC1CC2c3ccccc3Oc3ccccc3N2O1. The highest BCUT2D eigenvalue weighted by molar-refractivity contribution is 5.63. The quantitative estimate of drug-likeness (QED) is 0.845. The van der Waals surface area contributed by atoms with Crippen molar-refractivity contribution in [3.63, 3.8) is 0 Å². The van der Waals surface area contributed by atoms with Gasteiger partial charge in [-0.3, -0.25) is 4.84 Å². The Kier molecular flexibility index (Phi) is 3.28. The Bertz CT molecular complexity index is 633. The van der Waals surface area contributed by atoms with Crippen molar-refractivity contribution in [2.75, 3.05) is 25.7 Å². The van der Waals surface area contributed by atoms with Gasteiger partial charge in [0.1, 0.15) is 17.5 Å². The number of likely N-dealkylation sites (N-methyl/N-ethyl adjacent to an activating group) is 1. The highest BCUT2D eigenvalue weighted by Gasteiger charge is 2.39. The van der Waals surface area contributed by atoms with Gasteiger partial charge < -0.3 is 9.64 Å². The lowest BCUT2D eigenvalue weighted by Gasteiger charge is -2.23. The normalized spacial score (nSPS) is 22.6. The summed E-state index contributed by atoms with van der Waals surface area (Å²) in [6, 6.07) is 16.5. The molecular weight excluding hydrogens is 276 g/mol. The van der Waals surface area contributed by atoms with Gasteiger partial charge in [-0.05, 0) is 32.3 Å². The molecule has 1 saturated heterocycles. The van der Waals surface area contributed by atoms with Crippen molar-refractivity contribution >= 4 is 5.69 Å². The molecule has 0 aliphatic carbocycles. The molecule has 114 valence electrons. The molecule has 4 rings (SSSR count). The third kappa shape index (κ3) is 2.25. The molecule has 22 heavy (non-hydrogen) atoms. The number of benzene rings is 2. The summed E-state index contributed by atoms with van der Waals surface area (Å²) in [7, 11) is 4.16. The standard InChI is InChI=1S/C18H20N2O2/c1-19(2)12-13-11-16-14-7-3-5-9-17(14)21-18-10-6-4-8-15(18)20(16)22-13/h3-10,13,16H,11-12H2,1-2H3. The highest BCUT2D eigenvalue weighted by Crippen LogP contribution is 2.48. The van der Waals surface area contributed by atoms with E-state index in [2.05, 4.69) is 37.2 Å². The van der Waals surface area contributed by atoms with Gasteiger partial charge >= 0.3 is 0 Å². The van der Waals surface area contributed by atoms with Crippen LogP contribution < -0.4 is 9.80 Å². The van der Waals surface area contributed by atoms with E-state index in [1.165, 1.54) is 5.56 Å². The first kappa shape index (κ1) is 13.6. The van der Waals surface area contributed by atoms with E-state index < -0.39 is 0 Å². The van der Waals surface area contributed by atoms with E-state index in [1.807, 2.05) is 35.4 Å². The summed E-state index contributed by atoms with van der Waals surface area (Å²) in [5, 5.41) is 2.04. The van der Waals surface area contributed by atoms with E-state index in [4.69, 9.17) is 9.57 Å². The number of fused-ring (bicyclic) bond motifs is 5. The third-order valence-corrected chi connectivity index (χ3v) is 4.20. The summed E-state index contributed by atoms with van der Waals surface area (Å²) in [5.74, 6) is 1.78. The summed E-state index contributed by atoms with van der Waals surface area (Å²) >= 11 is 0. The Hall–Kier alpha value is -2.04. The number of ether oxygens (including phenoxy) is 1. The van der Waals surface area contributed by atoms with Crippen LogP contribution >= 0.6 is 0 Å². The molecule has 0 N–H and O–H groups in total. The molecule has 0 bridgehead atoms. The second-order valence-corrected chi connectivity index (χ2v) is 6.17. The Balaban J connectivity index is 1.79. The molecule has 0 aromatic heterocycles. The lowest BCUT2D eigenvalue weighted by atomic mass is 10.0. The highest BCUT2D eigenvalue weighted by atomic mass is 16.7. The van der Waals surface area contributed by atoms with Gasteiger partial charge in [-0.2, -0.15) is 0 Å². The van der Waals surface area contributed by atoms with Crippen molar-refractivity contribution < 1.29 is 9.57 Å². The molecule has 2 atom stereocenters.